The highest BCUT2D eigenvalue weighted by Crippen LogP contribution is 2.15. The van der Waals surface area contributed by atoms with E-state index in [2.05, 4.69) is 12.2 Å². The molecule has 0 heterocycles. The average Bonchev–Trinajstić information content (AvgIpc) is 2.27. The van der Waals surface area contributed by atoms with Gasteiger partial charge in [0.1, 0.15) is 11.6 Å². The van der Waals surface area contributed by atoms with Crippen LogP contribution in [0.4, 0.5) is 8.78 Å². The summed E-state index contributed by atoms with van der Waals surface area (Å²) in [7, 11) is 0. The standard InChI is InChI=1S/C14H21F2N/c1-3-4-5-6-7-17-11(2)12-8-13(15)10-14(16)9-12/h8-11,17H,3-7H2,1-2H3. The maximum absolute atomic E-state index is 13.0. The molecule has 3 heteroatoms. The van der Waals surface area contributed by atoms with Crippen molar-refractivity contribution in [3.05, 3.63) is 35.4 Å². The van der Waals surface area contributed by atoms with Crippen molar-refractivity contribution in [2.24, 2.45) is 0 Å². The summed E-state index contributed by atoms with van der Waals surface area (Å²) in [5.74, 6) is -1.03. The van der Waals surface area contributed by atoms with Crippen LogP contribution in [0, 0.1) is 11.6 Å². The molecule has 0 radical (unpaired) electrons. The third-order valence-corrected chi connectivity index (χ3v) is 2.87. The van der Waals surface area contributed by atoms with E-state index in [1.165, 1.54) is 31.4 Å². The number of rotatable bonds is 7. The van der Waals surface area contributed by atoms with Gasteiger partial charge in [-0.3, -0.25) is 0 Å². The Balaban J connectivity index is 2.38. The molecule has 0 saturated heterocycles. The molecule has 0 aliphatic carbocycles. The molecule has 0 aromatic heterocycles. The Hall–Kier alpha value is -0.960. The second-order valence-corrected chi connectivity index (χ2v) is 4.44. The summed E-state index contributed by atoms with van der Waals surface area (Å²) in [6, 6.07) is 3.65. The predicted octanol–water partition coefficient (Wildman–Crippen LogP) is 4.20. The van der Waals surface area contributed by atoms with Crippen molar-refractivity contribution in [2.75, 3.05) is 6.54 Å². The van der Waals surface area contributed by atoms with Crippen LogP contribution in [0.25, 0.3) is 0 Å². The summed E-state index contributed by atoms with van der Waals surface area (Å²) in [5.41, 5.74) is 0.665. The van der Waals surface area contributed by atoms with Crippen LogP contribution < -0.4 is 5.32 Å². The van der Waals surface area contributed by atoms with E-state index in [9.17, 15) is 8.78 Å². The van der Waals surface area contributed by atoms with E-state index in [0.29, 0.717) is 5.56 Å². The smallest absolute Gasteiger partial charge is 0.126 e. The Morgan fingerprint density at radius 1 is 1.06 bits per heavy atom. The second kappa shape index (κ2) is 7.38. The van der Waals surface area contributed by atoms with E-state index in [0.717, 1.165) is 19.0 Å². The monoisotopic (exact) mass is 241 g/mol. The summed E-state index contributed by atoms with van der Waals surface area (Å²) in [6.45, 7) is 4.99. The molecule has 1 aromatic rings. The minimum absolute atomic E-state index is 0.0122. The van der Waals surface area contributed by atoms with Gasteiger partial charge in [0.15, 0.2) is 0 Å². The molecular formula is C14H21F2N. The van der Waals surface area contributed by atoms with E-state index >= 15 is 0 Å². The molecule has 1 N–H and O–H groups in total. The second-order valence-electron chi connectivity index (χ2n) is 4.44. The van der Waals surface area contributed by atoms with Crippen LogP contribution in [0.15, 0.2) is 18.2 Å². The first-order valence-electron chi connectivity index (χ1n) is 6.33. The highest BCUT2D eigenvalue weighted by molar-refractivity contribution is 5.20. The van der Waals surface area contributed by atoms with Gasteiger partial charge in [-0.1, -0.05) is 26.2 Å². The van der Waals surface area contributed by atoms with Crippen LogP contribution in [0.1, 0.15) is 51.1 Å². The molecule has 0 saturated carbocycles. The number of benzene rings is 1. The van der Waals surface area contributed by atoms with Crippen molar-refractivity contribution in [2.45, 2.75) is 45.6 Å². The zero-order valence-electron chi connectivity index (χ0n) is 10.6. The molecule has 0 aliphatic heterocycles. The van der Waals surface area contributed by atoms with Crippen LogP contribution in [-0.2, 0) is 0 Å². The maximum atomic E-state index is 13.0. The van der Waals surface area contributed by atoms with E-state index in [1.807, 2.05) is 6.92 Å². The summed E-state index contributed by atoms with van der Waals surface area (Å²) >= 11 is 0. The van der Waals surface area contributed by atoms with Crippen molar-refractivity contribution in [3.63, 3.8) is 0 Å². The fourth-order valence-corrected chi connectivity index (χ4v) is 1.81. The van der Waals surface area contributed by atoms with Crippen molar-refractivity contribution in [1.29, 1.82) is 0 Å². The van der Waals surface area contributed by atoms with E-state index in [1.54, 1.807) is 0 Å². The summed E-state index contributed by atoms with van der Waals surface area (Å²) in [4.78, 5) is 0. The third kappa shape index (κ3) is 5.26. The van der Waals surface area contributed by atoms with E-state index in [4.69, 9.17) is 0 Å². The fraction of sp³-hybridized carbons (Fsp3) is 0.571. The average molecular weight is 241 g/mol. The normalized spacial score (nSPS) is 12.7. The lowest BCUT2D eigenvalue weighted by atomic mass is 10.1. The minimum atomic E-state index is -0.514. The summed E-state index contributed by atoms with van der Waals surface area (Å²) in [6.07, 6.45) is 4.76. The van der Waals surface area contributed by atoms with Gasteiger partial charge in [-0.2, -0.15) is 0 Å². The minimum Gasteiger partial charge on any atom is -0.310 e. The van der Waals surface area contributed by atoms with Gasteiger partial charge >= 0.3 is 0 Å². The summed E-state index contributed by atoms with van der Waals surface area (Å²) in [5, 5.41) is 3.28. The molecule has 0 amide bonds. The van der Waals surface area contributed by atoms with Gasteiger partial charge in [-0.15, -0.1) is 0 Å². The predicted molar refractivity (Wildman–Crippen MR) is 66.9 cm³/mol. The molecule has 0 fully saturated rings. The molecule has 1 aromatic carbocycles. The first-order chi connectivity index (χ1) is 8.13. The van der Waals surface area contributed by atoms with Crippen LogP contribution in [0.2, 0.25) is 0 Å². The van der Waals surface area contributed by atoms with E-state index < -0.39 is 11.6 Å². The lowest BCUT2D eigenvalue weighted by Gasteiger charge is -2.14. The van der Waals surface area contributed by atoms with Crippen molar-refractivity contribution in [1.82, 2.24) is 5.32 Å². The van der Waals surface area contributed by atoms with Crippen LogP contribution in [0.5, 0.6) is 0 Å². The Morgan fingerprint density at radius 3 is 2.29 bits per heavy atom. The van der Waals surface area contributed by atoms with Gasteiger partial charge in [-0.05, 0) is 37.6 Å². The van der Waals surface area contributed by atoms with Gasteiger partial charge in [-0.25, -0.2) is 8.78 Å². The first kappa shape index (κ1) is 14.1. The Labute approximate surface area is 102 Å². The molecule has 1 rings (SSSR count). The van der Waals surface area contributed by atoms with Crippen LogP contribution in [0.3, 0.4) is 0 Å². The molecule has 1 nitrogen and oxygen atoms in total. The number of hydrogen-bond acceptors (Lipinski definition) is 1. The first-order valence-corrected chi connectivity index (χ1v) is 6.33. The molecule has 0 aliphatic rings. The van der Waals surface area contributed by atoms with Crippen molar-refractivity contribution >= 4 is 0 Å². The third-order valence-electron chi connectivity index (χ3n) is 2.87. The number of hydrogen-bond donors (Lipinski definition) is 1. The lowest BCUT2D eigenvalue weighted by molar-refractivity contribution is 0.524. The van der Waals surface area contributed by atoms with Gasteiger partial charge in [0.2, 0.25) is 0 Å². The Morgan fingerprint density at radius 2 is 1.71 bits per heavy atom. The SMILES string of the molecule is CCCCCCNC(C)c1cc(F)cc(F)c1. The molecule has 96 valence electrons. The number of halogens is 2. The highest BCUT2D eigenvalue weighted by Gasteiger charge is 2.07. The molecule has 1 unspecified atom stereocenters. The maximum Gasteiger partial charge on any atom is 0.126 e. The quantitative estimate of drug-likeness (QED) is 0.706. The highest BCUT2D eigenvalue weighted by atomic mass is 19.1. The van der Waals surface area contributed by atoms with E-state index in [-0.39, 0.29) is 6.04 Å². The van der Waals surface area contributed by atoms with Gasteiger partial charge < -0.3 is 5.32 Å². The molecule has 0 spiro atoms. The Bertz CT molecular complexity index is 319. The topological polar surface area (TPSA) is 12.0 Å². The fourth-order valence-electron chi connectivity index (χ4n) is 1.81. The van der Waals surface area contributed by atoms with Crippen LogP contribution >= 0.6 is 0 Å². The van der Waals surface area contributed by atoms with Crippen molar-refractivity contribution in [3.8, 4) is 0 Å². The largest absolute Gasteiger partial charge is 0.310 e. The van der Waals surface area contributed by atoms with Gasteiger partial charge in [0.05, 0.1) is 0 Å². The molecule has 0 bridgehead atoms. The van der Waals surface area contributed by atoms with Gasteiger partial charge in [0.25, 0.3) is 0 Å². The summed E-state index contributed by atoms with van der Waals surface area (Å²) < 4.78 is 26.0. The molecule has 1 atom stereocenters. The molecular weight excluding hydrogens is 220 g/mol. The number of unbranched alkanes of at least 4 members (excludes halogenated alkanes) is 3. The van der Waals surface area contributed by atoms with Gasteiger partial charge in [0, 0.05) is 12.1 Å². The zero-order valence-corrected chi connectivity index (χ0v) is 10.6. The van der Waals surface area contributed by atoms with Crippen molar-refractivity contribution < 1.29 is 8.78 Å². The van der Waals surface area contributed by atoms with Crippen LogP contribution in [-0.4, -0.2) is 6.54 Å². The molecule has 17 heavy (non-hydrogen) atoms. The number of nitrogens with one attached hydrogen (secondary N) is 1. The lowest BCUT2D eigenvalue weighted by Crippen LogP contribution is -2.20. The Kier molecular flexibility index (Phi) is 6.12. The zero-order chi connectivity index (χ0) is 12.7.